The fraction of sp³-hybridized carbons (Fsp3) is 0.733. The Hall–Kier alpha value is -0.520. The maximum Gasteiger partial charge on any atom is -0.0142 e. The molecule has 15 heavy (non-hydrogen) atoms. The quantitative estimate of drug-likeness (QED) is 0.525. The molecule has 0 fully saturated rings. The van der Waals surface area contributed by atoms with E-state index in [4.69, 9.17) is 0 Å². The van der Waals surface area contributed by atoms with Crippen molar-refractivity contribution in [1.29, 1.82) is 0 Å². The molecule has 0 saturated heterocycles. The van der Waals surface area contributed by atoms with Crippen molar-refractivity contribution in [3.63, 3.8) is 0 Å². The van der Waals surface area contributed by atoms with Gasteiger partial charge in [0.05, 0.1) is 0 Å². The fourth-order valence-electron chi connectivity index (χ4n) is 2.46. The maximum absolute atomic E-state index is 3.48. The van der Waals surface area contributed by atoms with Gasteiger partial charge in [-0.05, 0) is 44.4 Å². The van der Waals surface area contributed by atoms with E-state index in [0.29, 0.717) is 5.41 Å². The van der Waals surface area contributed by atoms with Gasteiger partial charge in [0.1, 0.15) is 0 Å². The van der Waals surface area contributed by atoms with Crippen molar-refractivity contribution in [3.05, 3.63) is 23.8 Å². The van der Waals surface area contributed by atoms with E-state index in [-0.39, 0.29) is 0 Å². The molecule has 0 aromatic heterocycles. The molecule has 0 aromatic rings. The van der Waals surface area contributed by atoms with Gasteiger partial charge in [-0.15, -0.1) is 6.58 Å². The third-order valence-corrected chi connectivity index (χ3v) is 3.33. The van der Waals surface area contributed by atoms with Crippen LogP contribution in [-0.4, -0.2) is 0 Å². The molecule has 0 amide bonds. The van der Waals surface area contributed by atoms with Crippen LogP contribution in [0.2, 0.25) is 0 Å². The zero-order chi connectivity index (χ0) is 11.9. The molecule has 0 nitrogen and oxygen atoms in total. The number of rotatable bonds is 2. The Morgan fingerprint density at radius 3 is 2.13 bits per heavy atom. The second kappa shape index (κ2) is 6.87. The van der Waals surface area contributed by atoms with Crippen LogP contribution in [0.4, 0.5) is 0 Å². The van der Waals surface area contributed by atoms with Gasteiger partial charge in [0, 0.05) is 0 Å². The Balaban J connectivity index is 0.000000423. The van der Waals surface area contributed by atoms with Gasteiger partial charge in [-0.25, -0.2) is 0 Å². The van der Waals surface area contributed by atoms with Crippen LogP contribution in [0.1, 0.15) is 66.7 Å². The molecular weight excluding hydrogens is 180 g/mol. The molecule has 1 aliphatic rings. The summed E-state index contributed by atoms with van der Waals surface area (Å²) in [6.45, 7) is 14.9. The summed E-state index contributed by atoms with van der Waals surface area (Å²) in [5.41, 5.74) is 3.87. The smallest absolute Gasteiger partial charge is 0.0142 e. The minimum Gasteiger partial charge on any atom is -0.103 e. The van der Waals surface area contributed by atoms with E-state index < -0.39 is 0 Å². The fourth-order valence-corrected chi connectivity index (χ4v) is 2.46. The van der Waals surface area contributed by atoms with E-state index in [1.54, 1.807) is 11.1 Å². The second-order valence-corrected chi connectivity index (χ2v) is 5.05. The van der Waals surface area contributed by atoms with Crippen molar-refractivity contribution in [3.8, 4) is 0 Å². The van der Waals surface area contributed by atoms with Crippen molar-refractivity contribution in [2.45, 2.75) is 66.7 Å². The lowest BCUT2D eigenvalue weighted by molar-refractivity contribution is 0.357. The average Bonchev–Trinajstić information content (AvgIpc) is 2.17. The number of hydrogen-bond acceptors (Lipinski definition) is 0. The zero-order valence-electron chi connectivity index (χ0n) is 11.3. The van der Waals surface area contributed by atoms with Crippen LogP contribution in [0.3, 0.4) is 0 Å². The van der Waals surface area contributed by atoms with E-state index in [9.17, 15) is 0 Å². The highest BCUT2D eigenvalue weighted by Gasteiger charge is 2.26. The summed E-state index contributed by atoms with van der Waals surface area (Å²) in [6.07, 6.45) is 8.32. The van der Waals surface area contributed by atoms with E-state index in [2.05, 4.69) is 41.2 Å². The third kappa shape index (κ3) is 4.68. The predicted octanol–water partition coefficient (Wildman–Crippen LogP) is 5.51. The van der Waals surface area contributed by atoms with Crippen LogP contribution in [0.15, 0.2) is 23.8 Å². The van der Waals surface area contributed by atoms with E-state index in [1.807, 2.05) is 6.08 Å². The SMILES string of the molecule is C=CCC.CCC1=C(C)CCCC1(C)C. The maximum atomic E-state index is 3.48. The van der Waals surface area contributed by atoms with Crippen molar-refractivity contribution in [2.24, 2.45) is 5.41 Å². The van der Waals surface area contributed by atoms with Crippen LogP contribution in [0, 0.1) is 5.41 Å². The van der Waals surface area contributed by atoms with Gasteiger partial charge in [-0.3, -0.25) is 0 Å². The molecule has 0 atom stereocenters. The molecule has 0 N–H and O–H groups in total. The van der Waals surface area contributed by atoms with Crippen LogP contribution in [0.25, 0.3) is 0 Å². The highest BCUT2D eigenvalue weighted by atomic mass is 14.3. The molecule has 0 heterocycles. The standard InChI is InChI=1S/C11H20.C4H8/c1-5-10-9(2)7-6-8-11(10,3)4;1-3-4-2/h5-8H2,1-4H3;3H,1,4H2,2H3. The Morgan fingerprint density at radius 2 is 1.87 bits per heavy atom. The van der Waals surface area contributed by atoms with Crippen molar-refractivity contribution >= 4 is 0 Å². The summed E-state index contributed by atoms with van der Waals surface area (Å²) in [5, 5.41) is 0. The van der Waals surface area contributed by atoms with Gasteiger partial charge >= 0.3 is 0 Å². The molecule has 1 rings (SSSR count). The minimum atomic E-state index is 0.497. The predicted molar refractivity (Wildman–Crippen MR) is 71.1 cm³/mol. The van der Waals surface area contributed by atoms with Crippen LogP contribution < -0.4 is 0 Å². The third-order valence-electron chi connectivity index (χ3n) is 3.33. The Bertz CT molecular complexity index is 218. The minimum absolute atomic E-state index is 0.497. The Morgan fingerprint density at radius 1 is 1.33 bits per heavy atom. The monoisotopic (exact) mass is 208 g/mol. The molecule has 88 valence electrons. The topological polar surface area (TPSA) is 0 Å². The molecule has 1 aliphatic carbocycles. The summed E-state index contributed by atoms with van der Waals surface area (Å²) in [7, 11) is 0. The molecular formula is C15H28. The summed E-state index contributed by atoms with van der Waals surface area (Å²) in [4.78, 5) is 0. The van der Waals surface area contributed by atoms with Gasteiger partial charge in [0.15, 0.2) is 0 Å². The van der Waals surface area contributed by atoms with Crippen LogP contribution in [-0.2, 0) is 0 Å². The Labute approximate surface area is 96.5 Å². The highest BCUT2D eigenvalue weighted by molar-refractivity contribution is 5.21. The molecule has 0 unspecified atom stereocenters. The van der Waals surface area contributed by atoms with Crippen LogP contribution in [0.5, 0.6) is 0 Å². The van der Waals surface area contributed by atoms with Gasteiger partial charge in [0.25, 0.3) is 0 Å². The first-order chi connectivity index (χ1) is 6.99. The normalized spacial score (nSPS) is 19.3. The van der Waals surface area contributed by atoms with E-state index in [1.165, 1.54) is 25.7 Å². The lowest BCUT2D eigenvalue weighted by Crippen LogP contribution is -2.19. The molecule has 0 spiro atoms. The molecule has 0 bridgehead atoms. The summed E-state index contributed by atoms with van der Waals surface area (Å²) in [5.74, 6) is 0. The molecule has 0 heteroatoms. The van der Waals surface area contributed by atoms with Gasteiger partial charge < -0.3 is 0 Å². The summed E-state index contributed by atoms with van der Waals surface area (Å²) in [6, 6.07) is 0. The first-order valence-corrected chi connectivity index (χ1v) is 6.29. The van der Waals surface area contributed by atoms with E-state index >= 15 is 0 Å². The first-order valence-electron chi connectivity index (χ1n) is 6.29. The average molecular weight is 208 g/mol. The molecule has 0 saturated carbocycles. The summed E-state index contributed by atoms with van der Waals surface area (Å²) < 4.78 is 0. The van der Waals surface area contributed by atoms with Crippen molar-refractivity contribution in [2.75, 3.05) is 0 Å². The van der Waals surface area contributed by atoms with Crippen molar-refractivity contribution < 1.29 is 0 Å². The lowest BCUT2D eigenvalue weighted by Gasteiger charge is -2.34. The zero-order valence-corrected chi connectivity index (χ0v) is 11.3. The first kappa shape index (κ1) is 14.5. The largest absolute Gasteiger partial charge is 0.103 e. The molecule has 0 radical (unpaired) electrons. The van der Waals surface area contributed by atoms with Crippen molar-refractivity contribution in [1.82, 2.24) is 0 Å². The lowest BCUT2D eigenvalue weighted by atomic mass is 9.72. The van der Waals surface area contributed by atoms with Gasteiger partial charge in [-0.2, -0.15) is 0 Å². The Kier molecular flexibility index (Phi) is 6.63. The van der Waals surface area contributed by atoms with Gasteiger partial charge in [0.2, 0.25) is 0 Å². The van der Waals surface area contributed by atoms with Gasteiger partial charge in [-0.1, -0.05) is 44.9 Å². The highest BCUT2D eigenvalue weighted by Crippen LogP contribution is 2.41. The van der Waals surface area contributed by atoms with E-state index in [0.717, 1.165) is 6.42 Å². The number of hydrogen-bond donors (Lipinski definition) is 0. The molecule has 0 aliphatic heterocycles. The van der Waals surface area contributed by atoms with Crippen LogP contribution >= 0.6 is 0 Å². The number of allylic oxidation sites excluding steroid dienone is 3. The second-order valence-electron chi connectivity index (χ2n) is 5.05. The summed E-state index contributed by atoms with van der Waals surface area (Å²) >= 11 is 0. The molecule has 0 aromatic carbocycles.